The highest BCUT2D eigenvalue weighted by Gasteiger charge is 1.92. The molecule has 1 aromatic rings. The minimum Gasteiger partial charge on any atom is -0.186 e. The number of rotatable bonds is 1. The van der Waals surface area contributed by atoms with E-state index < -0.39 is 0 Å². The summed E-state index contributed by atoms with van der Waals surface area (Å²) in [6, 6.07) is 6.64. The van der Waals surface area contributed by atoms with Gasteiger partial charge in [-0.1, -0.05) is 25.1 Å². The van der Waals surface area contributed by atoms with Gasteiger partial charge in [-0.15, -0.1) is 0 Å². The van der Waals surface area contributed by atoms with Crippen LogP contribution in [0.1, 0.15) is 23.6 Å². The number of hydrogen-bond acceptors (Lipinski definition) is 2. The van der Waals surface area contributed by atoms with Crippen molar-refractivity contribution in [3.8, 4) is 0 Å². The first-order chi connectivity index (χ1) is 6.15. The second-order valence-corrected chi connectivity index (χ2v) is 2.86. The van der Waals surface area contributed by atoms with Crippen LogP contribution in [0.2, 0.25) is 0 Å². The van der Waals surface area contributed by atoms with Gasteiger partial charge in [0, 0.05) is 0 Å². The smallest absolute Gasteiger partial charge is 0.186 e. The van der Waals surface area contributed by atoms with Crippen molar-refractivity contribution in [2.24, 2.45) is 0 Å². The Kier molecular flexibility index (Phi) is 5.49. The molecule has 0 spiro atoms. The van der Waals surface area contributed by atoms with Crippen molar-refractivity contribution in [3.63, 3.8) is 0 Å². The molecule has 1 aromatic carbocycles. The highest BCUT2D eigenvalue weighted by Crippen LogP contribution is 2.09. The molecule has 0 aliphatic rings. The summed E-state index contributed by atoms with van der Waals surface area (Å²) >= 11 is 0. The maximum absolute atomic E-state index is 8.12. The first kappa shape index (κ1) is 11.6. The fourth-order valence-electron chi connectivity index (χ4n) is 1.02. The first-order valence-corrected chi connectivity index (χ1v) is 4.21. The number of benzene rings is 1. The van der Waals surface area contributed by atoms with Crippen LogP contribution in [0, 0.1) is 13.8 Å². The Morgan fingerprint density at radius 3 is 2.08 bits per heavy atom. The SMILES string of the molecule is CCc1ccc(C)c(C)c1.O=C=O. The first-order valence-electron chi connectivity index (χ1n) is 4.21. The number of carbonyl (C=O) groups excluding carboxylic acids is 2. The predicted molar refractivity (Wildman–Crippen MR) is 50.3 cm³/mol. The summed E-state index contributed by atoms with van der Waals surface area (Å²) in [5.41, 5.74) is 4.22. The van der Waals surface area contributed by atoms with Crippen LogP contribution < -0.4 is 0 Å². The van der Waals surface area contributed by atoms with E-state index in [1.165, 1.54) is 16.7 Å². The lowest BCUT2D eigenvalue weighted by Gasteiger charge is -2.01. The van der Waals surface area contributed by atoms with Gasteiger partial charge in [0.05, 0.1) is 0 Å². The largest absolute Gasteiger partial charge is 0.373 e. The van der Waals surface area contributed by atoms with Gasteiger partial charge in [0.1, 0.15) is 0 Å². The molecular formula is C11H14O2. The summed E-state index contributed by atoms with van der Waals surface area (Å²) in [7, 11) is 0. The molecule has 2 heteroatoms. The van der Waals surface area contributed by atoms with Gasteiger partial charge in [-0.3, -0.25) is 0 Å². The Bertz CT molecular complexity index is 297. The molecule has 70 valence electrons. The monoisotopic (exact) mass is 178 g/mol. The molecule has 2 nitrogen and oxygen atoms in total. The van der Waals surface area contributed by atoms with E-state index in [2.05, 4.69) is 39.0 Å². The third-order valence-electron chi connectivity index (χ3n) is 1.98. The topological polar surface area (TPSA) is 34.1 Å². The van der Waals surface area contributed by atoms with Gasteiger partial charge in [0.25, 0.3) is 0 Å². The highest BCUT2D eigenvalue weighted by atomic mass is 16.2. The minimum absolute atomic E-state index is 0.250. The van der Waals surface area contributed by atoms with Crippen LogP contribution in [0.4, 0.5) is 0 Å². The number of hydrogen-bond donors (Lipinski definition) is 0. The van der Waals surface area contributed by atoms with Crippen LogP contribution >= 0.6 is 0 Å². The summed E-state index contributed by atoms with van der Waals surface area (Å²) < 4.78 is 0. The molecule has 0 aliphatic carbocycles. The van der Waals surface area contributed by atoms with E-state index in [0.29, 0.717) is 0 Å². The Morgan fingerprint density at radius 1 is 1.15 bits per heavy atom. The normalized spacial score (nSPS) is 8.23. The molecule has 13 heavy (non-hydrogen) atoms. The molecule has 0 bridgehead atoms. The average molecular weight is 178 g/mol. The molecule has 1 rings (SSSR count). The van der Waals surface area contributed by atoms with Crippen LogP contribution in [0.15, 0.2) is 18.2 Å². The average Bonchev–Trinajstić information content (AvgIpc) is 2.11. The molecule has 0 unspecified atom stereocenters. The lowest BCUT2D eigenvalue weighted by molar-refractivity contribution is -0.191. The van der Waals surface area contributed by atoms with Crippen molar-refractivity contribution in [1.29, 1.82) is 0 Å². The van der Waals surface area contributed by atoms with E-state index in [0.717, 1.165) is 6.42 Å². The molecule has 0 fully saturated rings. The van der Waals surface area contributed by atoms with Crippen molar-refractivity contribution in [2.75, 3.05) is 0 Å². The second kappa shape index (κ2) is 6.15. The molecule has 0 aliphatic heterocycles. The molecule has 0 radical (unpaired) electrons. The van der Waals surface area contributed by atoms with Gasteiger partial charge in [0.2, 0.25) is 0 Å². The summed E-state index contributed by atoms with van der Waals surface area (Å²) in [4.78, 5) is 16.2. The van der Waals surface area contributed by atoms with E-state index in [1.807, 2.05) is 0 Å². The fourth-order valence-corrected chi connectivity index (χ4v) is 1.02. The maximum atomic E-state index is 8.12. The van der Waals surface area contributed by atoms with Gasteiger partial charge in [-0.05, 0) is 37.0 Å². The zero-order valence-electron chi connectivity index (χ0n) is 8.26. The van der Waals surface area contributed by atoms with Crippen molar-refractivity contribution in [3.05, 3.63) is 34.9 Å². The minimum atomic E-state index is 0.250. The second-order valence-electron chi connectivity index (χ2n) is 2.86. The Balaban J connectivity index is 0.000000424. The van der Waals surface area contributed by atoms with Gasteiger partial charge < -0.3 is 0 Å². The lowest BCUT2D eigenvalue weighted by Crippen LogP contribution is -1.84. The third-order valence-corrected chi connectivity index (χ3v) is 1.98. The van der Waals surface area contributed by atoms with Crippen molar-refractivity contribution >= 4 is 6.15 Å². The zero-order chi connectivity index (χ0) is 10.3. The van der Waals surface area contributed by atoms with Gasteiger partial charge in [0.15, 0.2) is 0 Å². The zero-order valence-corrected chi connectivity index (χ0v) is 8.26. The van der Waals surface area contributed by atoms with Crippen LogP contribution in [-0.2, 0) is 16.0 Å². The third kappa shape index (κ3) is 4.24. The van der Waals surface area contributed by atoms with Crippen LogP contribution in [0.5, 0.6) is 0 Å². The van der Waals surface area contributed by atoms with E-state index in [1.54, 1.807) is 0 Å². The molecular weight excluding hydrogens is 164 g/mol. The standard InChI is InChI=1S/C10H14.CO2/c1-4-10-6-5-8(2)9(3)7-10;2-1-3/h5-7H,4H2,1-3H3;. The Hall–Kier alpha value is -1.40. The molecule has 0 heterocycles. The fraction of sp³-hybridized carbons (Fsp3) is 0.364. The van der Waals surface area contributed by atoms with Gasteiger partial charge in [-0.2, -0.15) is 9.59 Å². The summed E-state index contributed by atoms with van der Waals surface area (Å²) in [5, 5.41) is 0. The summed E-state index contributed by atoms with van der Waals surface area (Å²) in [6.45, 7) is 6.49. The van der Waals surface area contributed by atoms with E-state index in [9.17, 15) is 0 Å². The lowest BCUT2D eigenvalue weighted by atomic mass is 10.1. The molecule has 0 atom stereocenters. The molecule has 0 N–H and O–H groups in total. The van der Waals surface area contributed by atoms with Crippen LogP contribution in [0.25, 0.3) is 0 Å². The Morgan fingerprint density at radius 2 is 1.69 bits per heavy atom. The molecule has 0 amide bonds. The molecule has 0 saturated carbocycles. The Labute approximate surface area is 78.6 Å². The van der Waals surface area contributed by atoms with Gasteiger partial charge >= 0.3 is 6.15 Å². The molecule has 0 aromatic heterocycles. The van der Waals surface area contributed by atoms with Crippen molar-refractivity contribution in [1.82, 2.24) is 0 Å². The summed E-state index contributed by atoms with van der Waals surface area (Å²) in [5.74, 6) is 0. The summed E-state index contributed by atoms with van der Waals surface area (Å²) in [6.07, 6.45) is 1.39. The van der Waals surface area contributed by atoms with E-state index in [-0.39, 0.29) is 6.15 Å². The van der Waals surface area contributed by atoms with Gasteiger partial charge in [-0.25, -0.2) is 0 Å². The quantitative estimate of drug-likeness (QED) is 0.661. The maximum Gasteiger partial charge on any atom is 0.373 e. The van der Waals surface area contributed by atoms with Crippen LogP contribution in [-0.4, -0.2) is 6.15 Å². The molecule has 0 saturated heterocycles. The highest BCUT2D eigenvalue weighted by molar-refractivity contribution is 5.29. The van der Waals surface area contributed by atoms with Crippen LogP contribution in [0.3, 0.4) is 0 Å². The van der Waals surface area contributed by atoms with Crippen molar-refractivity contribution in [2.45, 2.75) is 27.2 Å². The van der Waals surface area contributed by atoms with E-state index >= 15 is 0 Å². The predicted octanol–water partition coefficient (Wildman–Crippen LogP) is 2.28. The van der Waals surface area contributed by atoms with E-state index in [4.69, 9.17) is 9.59 Å². The number of aryl methyl sites for hydroxylation is 3. The van der Waals surface area contributed by atoms with Crippen molar-refractivity contribution < 1.29 is 9.59 Å².